The smallest absolute Gasteiger partial charge is 0.266 e. The summed E-state index contributed by atoms with van der Waals surface area (Å²) in [7, 11) is 1.69. The van der Waals surface area contributed by atoms with Crippen molar-refractivity contribution >= 4 is 22.5 Å². The number of aromatic nitrogens is 2. The molecular weight excluding hydrogens is 350 g/mol. The van der Waals surface area contributed by atoms with Gasteiger partial charge in [0.25, 0.3) is 5.56 Å². The highest BCUT2D eigenvalue weighted by Gasteiger charge is 2.22. The number of hydrogen-bond donors (Lipinski definition) is 1. The molecule has 26 heavy (non-hydrogen) atoms. The van der Waals surface area contributed by atoms with Crippen molar-refractivity contribution in [2.75, 3.05) is 20.3 Å². The van der Waals surface area contributed by atoms with Gasteiger partial charge in [-0.1, -0.05) is 36.7 Å². The van der Waals surface area contributed by atoms with Gasteiger partial charge < -0.3 is 10.1 Å². The lowest BCUT2D eigenvalue weighted by atomic mass is 10.1. The van der Waals surface area contributed by atoms with Crippen LogP contribution in [-0.4, -0.2) is 29.8 Å². The van der Waals surface area contributed by atoms with Crippen LogP contribution in [0.1, 0.15) is 25.2 Å². The van der Waals surface area contributed by atoms with E-state index in [1.807, 2.05) is 36.4 Å². The number of quaternary nitrogens is 1. The van der Waals surface area contributed by atoms with Gasteiger partial charge in [0.2, 0.25) is 0 Å². The molecule has 6 heteroatoms. The van der Waals surface area contributed by atoms with Gasteiger partial charge in [-0.05, 0) is 30.3 Å². The number of nitrogens with two attached hydrogens (primary N) is 1. The average molecular weight is 373 g/mol. The summed E-state index contributed by atoms with van der Waals surface area (Å²) in [6.07, 6.45) is 0.842. The van der Waals surface area contributed by atoms with Crippen molar-refractivity contribution in [3.8, 4) is 5.69 Å². The van der Waals surface area contributed by atoms with E-state index in [0.29, 0.717) is 22.5 Å². The number of nitrogens with zero attached hydrogens (tertiary/aromatic N) is 2. The molecule has 0 saturated carbocycles. The molecule has 0 radical (unpaired) electrons. The lowest BCUT2D eigenvalue weighted by Crippen LogP contribution is -2.86. The third kappa shape index (κ3) is 3.80. The lowest BCUT2D eigenvalue weighted by Gasteiger charge is -2.19. The molecule has 1 atom stereocenters. The van der Waals surface area contributed by atoms with E-state index in [1.54, 1.807) is 23.8 Å². The Morgan fingerprint density at radius 3 is 2.77 bits per heavy atom. The number of halogens is 1. The standard InChI is InChI=1S/C20H22ClN3O2/c1-3-17(22-11-12-26-2)19-23-18-10-5-4-9-16(18)20(25)24(19)15-8-6-7-14(21)13-15/h4-10,13,17,22H,3,11-12H2,1-2H3/p+1/t17-/m0/s1. The monoisotopic (exact) mass is 372 g/mol. The van der Waals surface area contributed by atoms with E-state index in [2.05, 4.69) is 12.2 Å². The zero-order valence-corrected chi connectivity index (χ0v) is 15.7. The van der Waals surface area contributed by atoms with Crippen LogP contribution in [0.3, 0.4) is 0 Å². The third-order valence-electron chi connectivity index (χ3n) is 4.41. The van der Waals surface area contributed by atoms with E-state index in [-0.39, 0.29) is 11.6 Å². The van der Waals surface area contributed by atoms with E-state index < -0.39 is 0 Å². The first-order valence-corrected chi connectivity index (χ1v) is 9.13. The van der Waals surface area contributed by atoms with Crippen molar-refractivity contribution in [3.63, 3.8) is 0 Å². The molecule has 2 aromatic carbocycles. The molecule has 0 unspecified atom stereocenters. The summed E-state index contributed by atoms with van der Waals surface area (Å²) in [4.78, 5) is 18.1. The number of methoxy groups -OCH3 is 1. The molecule has 5 nitrogen and oxygen atoms in total. The normalized spacial score (nSPS) is 12.4. The molecule has 3 rings (SSSR count). The Morgan fingerprint density at radius 2 is 2.04 bits per heavy atom. The van der Waals surface area contributed by atoms with E-state index in [1.165, 1.54) is 0 Å². The van der Waals surface area contributed by atoms with E-state index >= 15 is 0 Å². The van der Waals surface area contributed by atoms with Gasteiger partial charge in [-0.15, -0.1) is 0 Å². The van der Waals surface area contributed by atoms with Crippen LogP contribution < -0.4 is 10.9 Å². The van der Waals surface area contributed by atoms with Crippen LogP contribution in [0.4, 0.5) is 0 Å². The molecule has 0 aliphatic carbocycles. The Morgan fingerprint density at radius 1 is 1.23 bits per heavy atom. The van der Waals surface area contributed by atoms with Gasteiger partial charge in [-0.25, -0.2) is 4.98 Å². The number of ether oxygens (including phenoxy) is 1. The maximum Gasteiger partial charge on any atom is 0.266 e. The summed E-state index contributed by atoms with van der Waals surface area (Å²) >= 11 is 6.17. The Bertz CT molecular complexity index is 955. The first-order valence-electron chi connectivity index (χ1n) is 8.75. The topological polar surface area (TPSA) is 60.7 Å². The summed E-state index contributed by atoms with van der Waals surface area (Å²) in [5.74, 6) is 0.731. The molecule has 0 aliphatic rings. The van der Waals surface area contributed by atoms with Crippen LogP contribution in [0.5, 0.6) is 0 Å². The highest BCUT2D eigenvalue weighted by atomic mass is 35.5. The minimum atomic E-state index is -0.0774. The van der Waals surface area contributed by atoms with Gasteiger partial charge in [0, 0.05) is 18.6 Å². The Balaban J connectivity index is 2.22. The van der Waals surface area contributed by atoms with Crippen molar-refractivity contribution in [3.05, 3.63) is 69.7 Å². The van der Waals surface area contributed by atoms with Crippen molar-refractivity contribution in [2.24, 2.45) is 0 Å². The van der Waals surface area contributed by atoms with Crippen LogP contribution in [0.15, 0.2) is 53.3 Å². The molecule has 0 spiro atoms. The van der Waals surface area contributed by atoms with Crippen molar-refractivity contribution in [1.29, 1.82) is 0 Å². The second-order valence-electron chi connectivity index (χ2n) is 6.14. The summed E-state index contributed by atoms with van der Waals surface area (Å²) in [5, 5.41) is 3.36. The zero-order valence-electron chi connectivity index (χ0n) is 15.0. The van der Waals surface area contributed by atoms with Crippen molar-refractivity contribution < 1.29 is 10.1 Å². The zero-order chi connectivity index (χ0) is 18.5. The van der Waals surface area contributed by atoms with Gasteiger partial charge >= 0.3 is 0 Å². The number of rotatable bonds is 7. The Hall–Kier alpha value is -2.21. The molecule has 0 aliphatic heterocycles. The van der Waals surface area contributed by atoms with Crippen molar-refractivity contribution in [1.82, 2.24) is 9.55 Å². The SMILES string of the molecule is CC[C@H]([NH2+]CCOC)c1nc2ccccc2c(=O)n1-c1cccc(Cl)c1. The molecule has 1 aromatic heterocycles. The molecule has 1 heterocycles. The highest BCUT2D eigenvalue weighted by molar-refractivity contribution is 6.30. The number of fused-ring (bicyclic) bond motifs is 1. The summed E-state index contributed by atoms with van der Waals surface area (Å²) < 4.78 is 6.85. The van der Waals surface area contributed by atoms with Gasteiger partial charge in [0.05, 0.1) is 29.7 Å². The maximum atomic E-state index is 13.3. The fourth-order valence-corrected chi connectivity index (χ4v) is 3.29. The van der Waals surface area contributed by atoms with Gasteiger partial charge in [-0.3, -0.25) is 9.36 Å². The Labute approximate surface area is 157 Å². The predicted molar refractivity (Wildman–Crippen MR) is 104 cm³/mol. The van der Waals surface area contributed by atoms with Crippen molar-refractivity contribution in [2.45, 2.75) is 19.4 Å². The lowest BCUT2D eigenvalue weighted by molar-refractivity contribution is -0.698. The van der Waals surface area contributed by atoms with E-state index in [4.69, 9.17) is 21.3 Å². The van der Waals surface area contributed by atoms with Crippen LogP contribution in [-0.2, 0) is 4.74 Å². The van der Waals surface area contributed by atoms with Gasteiger partial charge in [-0.2, -0.15) is 0 Å². The second-order valence-corrected chi connectivity index (χ2v) is 6.58. The molecule has 3 aromatic rings. The molecule has 136 valence electrons. The number of benzene rings is 2. The van der Waals surface area contributed by atoms with Crippen LogP contribution >= 0.6 is 11.6 Å². The van der Waals surface area contributed by atoms with E-state index in [9.17, 15) is 4.79 Å². The fraction of sp³-hybridized carbons (Fsp3) is 0.300. The molecule has 0 fully saturated rings. The number of para-hydroxylation sites is 1. The highest BCUT2D eigenvalue weighted by Crippen LogP contribution is 2.20. The average Bonchev–Trinajstić information content (AvgIpc) is 2.65. The summed E-state index contributed by atoms with van der Waals surface area (Å²) in [6, 6.07) is 14.8. The predicted octanol–water partition coefficient (Wildman–Crippen LogP) is 2.70. The van der Waals surface area contributed by atoms with E-state index in [0.717, 1.165) is 24.5 Å². The molecule has 0 amide bonds. The maximum absolute atomic E-state index is 13.3. The largest absolute Gasteiger partial charge is 0.379 e. The van der Waals surface area contributed by atoms with Crippen LogP contribution in [0.25, 0.3) is 16.6 Å². The first kappa shape index (κ1) is 18.6. The molecule has 0 bridgehead atoms. The Kier molecular flexibility index (Phi) is 6.04. The third-order valence-corrected chi connectivity index (χ3v) is 4.65. The van der Waals surface area contributed by atoms with Gasteiger partial charge in [0.15, 0.2) is 5.82 Å². The molecule has 0 saturated heterocycles. The quantitative estimate of drug-likeness (QED) is 0.649. The molecular formula is C20H23ClN3O2+. The fourth-order valence-electron chi connectivity index (χ4n) is 3.11. The van der Waals surface area contributed by atoms with Crippen LogP contribution in [0, 0.1) is 0 Å². The summed E-state index contributed by atoms with van der Waals surface area (Å²) in [5.41, 5.74) is 1.37. The van der Waals surface area contributed by atoms with Crippen LogP contribution in [0.2, 0.25) is 5.02 Å². The molecule has 2 N–H and O–H groups in total. The minimum Gasteiger partial charge on any atom is -0.379 e. The number of hydrogen-bond acceptors (Lipinski definition) is 3. The first-order chi connectivity index (χ1) is 12.7. The summed E-state index contributed by atoms with van der Waals surface area (Å²) in [6.45, 7) is 3.54. The second kappa shape index (κ2) is 8.45. The van der Waals surface area contributed by atoms with Gasteiger partial charge in [0.1, 0.15) is 6.04 Å². The minimum absolute atomic E-state index is 0.0430.